The van der Waals surface area contributed by atoms with E-state index in [1.807, 2.05) is 30.1 Å². The molecule has 1 aromatic heterocycles. The summed E-state index contributed by atoms with van der Waals surface area (Å²) in [5.74, 6) is 0.888. The molecule has 1 amide bonds. The maximum Gasteiger partial charge on any atom is 0.225 e. The van der Waals surface area contributed by atoms with Crippen LogP contribution < -0.4 is 5.32 Å². The second-order valence-corrected chi connectivity index (χ2v) is 7.86. The Kier molecular flexibility index (Phi) is 5.02. The lowest BCUT2D eigenvalue weighted by Gasteiger charge is -2.38. The second-order valence-electron chi connectivity index (χ2n) is 6.95. The minimum absolute atomic E-state index is 0.101. The van der Waals surface area contributed by atoms with Gasteiger partial charge in [-0.2, -0.15) is 0 Å². The standard InChI is InChI=1S/C19H26N2OS/c1-13(2)19(22)21-9-8-17(14(3)11-21)20-10-15-12-23-18-7-5-4-6-16(15)18/h4-7,12-14,17,20H,8-11H2,1-3H3/t14-,17-/m0/s1. The lowest BCUT2D eigenvalue weighted by molar-refractivity contribution is -0.136. The smallest absolute Gasteiger partial charge is 0.225 e. The molecule has 0 spiro atoms. The van der Waals surface area contributed by atoms with Crippen LogP contribution in [0, 0.1) is 11.8 Å². The summed E-state index contributed by atoms with van der Waals surface area (Å²) in [6.07, 6.45) is 1.04. The molecule has 2 heterocycles. The summed E-state index contributed by atoms with van der Waals surface area (Å²) < 4.78 is 1.36. The monoisotopic (exact) mass is 330 g/mol. The zero-order chi connectivity index (χ0) is 16.4. The molecule has 1 aliphatic rings. The molecule has 124 valence electrons. The van der Waals surface area contributed by atoms with Crippen molar-refractivity contribution in [1.82, 2.24) is 10.2 Å². The third kappa shape index (κ3) is 3.59. The number of hydrogen-bond acceptors (Lipinski definition) is 3. The maximum atomic E-state index is 12.1. The van der Waals surface area contributed by atoms with Gasteiger partial charge in [-0.1, -0.05) is 39.0 Å². The molecule has 0 aliphatic carbocycles. The van der Waals surface area contributed by atoms with Crippen molar-refractivity contribution in [2.75, 3.05) is 13.1 Å². The lowest BCUT2D eigenvalue weighted by atomic mass is 9.93. The van der Waals surface area contributed by atoms with Crippen molar-refractivity contribution in [1.29, 1.82) is 0 Å². The first-order valence-electron chi connectivity index (χ1n) is 8.53. The molecule has 1 aromatic carbocycles. The number of nitrogens with zero attached hydrogens (tertiary/aromatic N) is 1. The lowest BCUT2D eigenvalue weighted by Crippen LogP contribution is -2.50. The fourth-order valence-electron chi connectivity index (χ4n) is 3.42. The number of benzene rings is 1. The van der Waals surface area contributed by atoms with E-state index in [-0.39, 0.29) is 5.92 Å². The first kappa shape index (κ1) is 16.5. The van der Waals surface area contributed by atoms with Crippen molar-refractivity contribution in [2.24, 2.45) is 11.8 Å². The molecule has 3 rings (SSSR count). The number of carbonyl (C=O) groups excluding carboxylic acids is 1. The van der Waals surface area contributed by atoms with E-state index in [1.54, 1.807) is 0 Å². The normalized spacial score (nSPS) is 22.0. The topological polar surface area (TPSA) is 32.3 Å². The fraction of sp³-hybridized carbons (Fsp3) is 0.526. The zero-order valence-corrected chi connectivity index (χ0v) is 15.0. The van der Waals surface area contributed by atoms with Crippen LogP contribution in [0.2, 0.25) is 0 Å². The van der Waals surface area contributed by atoms with Gasteiger partial charge in [0.05, 0.1) is 0 Å². The molecule has 0 bridgehead atoms. The van der Waals surface area contributed by atoms with Crippen molar-refractivity contribution in [2.45, 2.75) is 39.8 Å². The third-order valence-electron chi connectivity index (χ3n) is 4.83. The van der Waals surface area contributed by atoms with Crippen LogP contribution in [0.5, 0.6) is 0 Å². The number of amides is 1. The van der Waals surface area contributed by atoms with Gasteiger partial charge in [0.1, 0.15) is 0 Å². The van der Waals surface area contributed by atoms with E-state index in [0.717, 1.165) is 26.1 Å². The first-order valence-corrected chi connectivity index (χ1v) is 9.41. The molecule has 0 radical (unpaired) electrons. The van der Waals surface area contributed by atoms with E-state index in [0.29, 0.717) is 17.9 Å². The summed E-state index contributed by atoms with van der Waals surface area (Å²) in [5, 5.41) is 7.35. The van der Waals surface area contributed by atoms with Crippen LogP contribution in [-0.2, 0) is 11.3 Å². The van der Waals surface area contributed by atoms with Gasteiger partial charge in [-0.25, -0.2) is 0 Å². The number of nitrogens with one attached hydrogen (secondary N) is 1. The van der Waals surface area contributed by atoms with E-state index < -0.39 is 0 Å². The van der Waals surface area contributed by atoms with Crippen LogP contribution >= 0.6 is 11.3 Å². The Morgan fingerprint density at radius 3 is 2.91 bits per heavy atom. The molecule has 1 aliphatic heterocycles. The fourth-order valence-corrected chi connectivity index (χ4v) is 4.39. The van der Waals surface area contributed by atoms with Gasteiger partial charge in [0.15, 0.2) is 0 Å². The Hall–Kier alpha value is -1.39. The molecular weight excluding hydrogens is 304 g/mol. The SMILES string of the molecule is CC(C)C(=O)N1CC[C@H](NCc2csc3ccccc23)[C@@H](C)C1. The Labute approximate surface area is 142 Å². The Bertz CT molecular complexity index is 679. The van der Waals surface area contributed by atoms with E-state index >= 15 is 0 Å². The molecule has 0 unspecified atom stereocenters. The molecule has 1 N–H and O–H groups in total. The number of likely N-dealkylation sites (tertiary alicyclic amines) is 1. The number of hydrogen-bond donors (Lipinski definition) is 1. The number of rotatable bonds is 4. The molecule has 2 atom stereocenters. The highest BCUT2D eigenvalue weighted by Gasteiger charge is 2.29. The molecule has 2 aromatic rings. The predicted molar refractivity (Wildman–Crippen MR) is 97.7 cm³/mol. The van der Waals surface area contributed by atoms with Crippen LogP contribution in [0.3, 0.4) is 0 Å². The first-order chi connectivity index (χ1) is 11.1. The van der Waals surface area contributed by atoms with Gasteiger partial charge < -0.3 is 10.2 Å². The number of thiophene rings is 1. The van der Waals surface area contributed by atoms with Gasteiger partial charge >= 0.3 is 0 Å². The summed E-state index contributed by atoms with van der Waals surface area (Å²) in [7, 11) is 0. The second kappa shape index (κ2) is 7.02. The zero-order valence-electron chi connectivity index (χ0n) is 14.2. The van der Waals surface area contributed by atoms with E-state index in [4.69, 9.17) is 0 Å². The summed E-state index contributed by atoms with van der Waals surface area (Å²) in [5.41, 5.74) is 1.39. The number of fused-ring (bicyclic) bond motifs is 1. The van der Waals surface area contributed by atoms with Gasteiger partial charge in [0.2, 0.25) is 5.91 Å². The van der Waals surface area contributed by atoms with Crippen LogP contribution in [0.15, 0.2) is 29.6 Å². The highest BCUT2D eigenvalue weighted by Crippen LogP contribution is 2.26. The van der Waals surface area contributed by atoms with Crippen LogP contribution in [-0.4, -0.2) is 29.9 Å². The van der Waals surface area contributed by atoms with Gasteiger partial charge in [-0.15, -0.1) is 11.3 Å². The average molecular weight is 330 g/mol. The van der Waals surface area contributed by atoms with Crippen molar-refractivity contribution in [3.63, 3.8) is 0 Å². The Balaban J connectivity index is 1.58. The summed E-state index contributed by atoms with van der Waals surface area (Å²) >= 11 is 1.82. The average Bonchev–Trinajstić information content (AvgIpc) is 2.96. The number of carbonyl (C=O) groups is 1. The molecule has 4 heteroatoms. The summed E-state index contributed by atoms with van der Waals surface area (Å²) in [6.45, 7) is 8.89. The molecular formula is C19H26N2OS. The quantitative estimate of drug-likeness (QED) is 0.922. The van der Waals surface area contributed by atoms with Gasteiger partial charge in [0, 0.05) is 36.3 Å². The molecule has 0 saturated carbocycles. The summed E-state index contributed by atoms with van der Waals surface area (Å²) in [6, 6.07) is 9.08. The van der Waals surface area contributed by atoms with Gasteiger partial charge in [-0.05, 0) is 34.7 Å². The molecule has 3 nitrogen and oxygen atoms in total. The minimum atomic E-state index is 0.101. The molecule has 1 fully saturated rings. The van der Waals surface area contributed by atoms with E-state index in [1.165, 1.54) is 15.6 Å². The van der Waals surface area contributed by atoms with Gasteiger partial charge in [0.25, 0.3) is 0 Å². The van der Waals surface area contributed by atoms with Crippen molar-refractivity contribution in [3.05, 3.63) is 35.2 Å². The molecule has 1 saturated heterocycles. The van der Waals surface area contributed by atoms with Crippen LogP contribution in [0.4, 0.5) is 0 Å². The van der Waals surface area contributed by atoms with Crippen molar-refractivity contribution in [3.8, 4) is 0 Å². The maximum absolute atomic E-state index is 12.1. The van der Waals surface area contributed by atoms with E-state index in [9.17, 15) is 4.79 Å². The van der Waals surface area contributed by atoms with Crippen LogP contribution in [0.1, 0.15) is 32.8 Å². The number of piperidine rings is 1. The third-order valence-corrected chi connectivity index (χ3v) is 5.84. The Morgan fingerprint density at radius 2 is 2.17 bits per heavy atom. The largest absolute Gasteiger partial charge is 0.342 e. The highest BCUT2D eigenvalue weighted by atomic mass is 32.1. The Morgan fingerprint density at radius 1 is 1.39 bits per heavy atom. The van der Waals surface area contributed by atoms with Crippen molar-refractivity contribution >= 4 is 27.3 Å². The van der Waals surface area contributed by atoms with Crippen LogP contribution in [0.25, 0.3) is 10.1 Å². The van der Waals surface area contributed by atoms with Crippen molar-refractivity contribution < 1.29 is 4.79 Å². The molecule has 23 heavy (non-hydrogen) atoms. The minimum Gasteiger partial charge on any atom is -0.342 e. The summed E-state index contributed by atoms with van der Waals surface area (Å²) in [4.78, 5) is 14.2. The predicted octanol–water partition coefficient (Wildman–Crippen LogP) is 3.88. The highest BCUT2D eigenvalue weighted by molar-refractivity contribution is 7.17. The van der Waals surface area contributed by atoms with E-state index in [2.05, 4.69) is 41.9 Å². The van der Waals surface area contributed by atoms with Gasteiger partial charge in [-0.3, -0.25) is 4.79 Å².